The lowest BCUT2D eigenvalue weighted by Gasteiger charge is -2.17. The van der Waals surface area contributed by atoms with E-state index < -0.39 is 11.6 Å². The SMILES string of the molecule is C=CC(=O)OC(C)(C)C.CC(=O)O. The van der Waals surface area contributed by atoms with E-state index in [-0.39, 0.29) is 5.97 Å². The van der Waals surface area contributed by atoms with Crippen molar-refractivity contribution >= 4 is 11.9 Å². The molecule has 0 heterocycles. The number of hydrogen-bond acceptors (Lipinski definition) is 3. The Morgan fingerprint density at radius 1 is 1.38 bits per heavy atom. The van der Waals surface area contributed by atoms with Crippen molar-refractivity contribution in [3.63, 3.8) is 0 Å². The van der Waals surface area contributed by atoms with Crippen LogP contribution in [-0.4, -0.2) is 22.6 Å². The number of carboxylic acid groups (broad SMARTS) is 1. The lowest BCUT2D eigenvalue weighted by Crippen LogP contribution is -2.22. The first-order valence-corrected chi connectivity index (χ1v) is 3.74. The van der Waals surface area contributed by atoms with Crippen LogP contribution in [0.5, 0.6) is 0 Å². The van der Waals surface area contributed by atoms with Gasteiger partial charge in [-0.15, -0.1) is 0 Å². The molecule has 0 aliphatic heterocycles. The zero-order valence-corrected chi connectivity index (χ0v) is 8.46. The number of rotatable bonds is 1. The fourth-order valence-electron chi connectivity index (χ4n) is 0.343. The Morgan fingerprint density at radius 3 is 1.77 bits per heavy atom. The van der Waals surface area contributed by atoms with Crippen LogP contribution in [0.1, 0.15) is 27.7 Å². The van der Waals surface area contributed by atoms with Crippen molar-refractivity contribution in [3.8, 4) is 0 Å². The molecule has 4 nitrogen and oxygen atoms in total. The van der Waals surface area contributed by atoms with Gasteiger partial charge in [0, 0.05) is 13.0 Å². The first-order valence-electron chi connectivity index (χ1n) is 3.74. The number of carbonyl (C=O) groups is 2. The molecule has 13 heavy (non-hydrogen) atoms. The molecule has 0 unspecified atom stereocenters. The van der Waals surface area contributed by atoms with Crippen LogP contribution in [0.4, 0.5) is 0 Å². The summed E-state index contributed by atoms with van der Waals surface area (Å²) in [4.78, 5) is 19.5. The van der Waals surface area contributed by atoms with Crippen molar-refractivity contribution in [3.05, 3.63) is 12.7 Å². The predicted molar refractivity (Wildman–Crippen MR) is 49.4 cm³/mol. The highest BCUT2D eigenvalue weighted by molar-refractivity contribution is 5.81. The molecule has 0 spiro atoms. The molecule has 4 heteroatoms. The quantitative estimate of drug-likeness (QED) is 0.501. The summed E-state index contributed by atoms with van der Waals surface area (Å²) in [6.45, 7) is 9.80. The van der Waals surface area contributed by atoms with Gasteiger partial charge in [0.1, 0.15) is 5.60 Å². The Hall–Kier alpha value is -1.32. The van der Waals surface area contributed by atoms with Gasteiger partial charge in [0.05, 0.1) is 0 Å². The molecule has 76 valence electrons. The van der Waals surface area contributed by atoms with Gasteiger partial charge >= 0.3 is 5.97 Å². The summed E-state index contributed by atoms with van der Waals surface area (Å²) in [7, 11) is 0. The minimum Gasteiger partial charge on any atom is -0.481 e. The Morgan fingerprint density at radius 2 is 1.69 bits per heavy atom. The van der Waals surface area contributed by atoms with Crippen molar-refractivity contribution in [1.29, 1.82) is 0 Å². The largest absolute Gasteiger partial charge is 0.481 e. The molecular formula is C9H16O4. The van der Waals surface area contributed by atoms with E-state index in [1.54, 1.807) is 0 Å². The van der Waals surface area contributed by atoms with E-state index in [2.05, 4.69) is 6.58 Å². The van der Waals surface area contributed by atoms with Crippen molar-refractivity contribution in [2.24, 2.45) is 0 Å². The van der Waals surface area contributed by atoms with E-state index in [1.807, 2.05) is 20.8 Å². The summed E-state index contributed by atoms with van der Waals surface area (Å²) in [5.74, 6) is -1.21. The van der Waals surface area contributed by atoms with Crippen LogP contribution in [0, 0.1) is 0 Å². The number of aliphatic carboxylic acids is 1. The molecule has 0 radical (unpaired) electrons. The molecule has 0 rings (SSSR count). The maximum Gasteiger partial charge on any atom is 0.330 e. The van der Waals surface area contributed by atoms with Crippen LogP contribution in [0.2, 0.25) is 0 Å². The molecule has 0 saturated carbocycles. The van der Waals surface area contributed by atoms with E-state index in [9.17, 15) is 4.79 Å². The average molecular weight is 188 g/mol. The van der Waals surface area contributed by atoms with Gasteiger partial charge in [-0.3, -0.25) is 4.79 Å². The van der Waals surface area contributed by atoms with Crippen molar-refractivity contribution in [2.75, 3.05) is 0 Å². The van der Waals surface area contributed by atoms with E-state index in [0.29, 0.717) is 0 Å². The van der Waals surface area contributed by atoms with Crippen molar-refractivity contribution in [1.82, 2.24) is 0 Å². The van der Waals surface area contributed by atoms with E-state index in [4.69, 9.17) is 14.6 Å². The third-order valence-corrected chi connectivity index (χ3v) is 0.573. The molecule has 0 bridgehead atoms. The fraction of sp³-hybridized carbons (Fsp3) is 0.556. The zero-order valence-electron chi connectivity index (χ0n) is 8.46. The van der Waals surface area contributed by atoms with Gasteiger partial charge in [-0.05, 0) is 20.8 Å². The van der Waals surface area contributed by atoms with Crippen LogP contribution in [0.15, 0.2) is 12.7 Å². The third-order valence-electron chi connectivity index (χ3n) is 0.573. The monoisotopic (exact) mass is 188 g/mol. The van der Waals surface area contributed by atoms with Crippen LogP contribution in [-0.2, 0) is 14.3 Å². The Balaban J connectivity index is 0. The second kappa shape index (κ2) is 6.22. The zero-order chi connectivity index (χ0) is 11.1. The minimum atomic E-state index is -0.833. The summed E-state index contributed by atoms with van der Waals surface area (Å²) >= 11 is 0. The number of carbonyl (C=O) groups excluding carboxylic acids is 1. The van der Waals surface area contributed by atoms with Crippen LogP contribution in [0.3, 0.4) is 0 Å². The van der Waals surface area contributed by atoms with Gasteiger partial charge in [0.15, 0.2) is 0 Å². The minimum absolute atomic E-state index is 0.373. The van der Waals surface area contributed by atoms with E-state index in [0.717, 1.165) is 13.0 Å². The number of ether oxygens (including phenoxy) is 1. The molecule has 1 N–H and O–H groups in total. The molecular weight excluding hydrogens is 172 g/mol. The Labute approximate surface area is 78.2 Å². The standard InChI is InChI=1S/C7H12O2.C2H4O2/c1-5-6(8)9-7(2,3)4;1-2(3)4/h5H,1H2,2-4H3;1H3,(H,3,4). The first kappa shape index (κ1) is 14.2. The number of hydrogen-bond donors (Lipinski definition) is 1. The highest BCUT2D eigenvalue weighted by Crippen LogP contribution is 2.06. The van der Waals surface area contributed by atoms with Gasteiger partial charge in [-0.1, -0.05) is 6.58 Å². The third kappa shape index (κ3) is 24.9. The van der Waals surface area contributed by atoms with E-state index >= 15 is 0 Å². The van der Waals surface area contributed by atoms with Gasteiger partial charge in [-0.2, -0.15) is 0 Å². The van der Waals surface area contributed by atoms with Gasteiger partial charge in [-0.25, -0.2) is 4.79 Å². The predicted octanol–water partition coefficient (Wildman–Crippen LogP) is 1.60. The molecule has 0 aromatic rings. The highest BCUT2D eigenvalue weighted by Gasteiger charge is 2.12. The van der Waals surface area contributed by atoms with Crippen molar-refractivity contribution in [2.45, 2.75) is 33.3 Å². The summed E-state index contributed by atoms with van der Waals surface area (Å²) in [5, 5.41) is 7.42. The van der Waals surface area contributed by atoms with Gasteiger partial charge in [0.2, 0.25) is 0 Å². The molecule has 0 atom stereocenters. The average Bonchev–Trinajstić information content (AvgIpc) is 1.82. The van der Waals surface area contributed by atoms with Crippen LogP contribution >= 0.6 is 0 Å². The van der Waals surface area contributed by atoms with Crippen LogP contribution in [0.25, 0.3) is 0 Å². The van der Waals surface area contributed by atoms with Gasteiger partial charge in [0.25, 0.3) is 5.97 Å². The summed E-state index contributed by atoms with van der Waals surface area (Å²) in [5.41, 5.74) is -0.398. The fourth-order valence-corrected chi connectivity index (χ4v) is 0.343. The Bertz CT molecular complexity index is 184. The normalized spacial score (nSPS) is 9.23. The second-order valence-electron chi connectivity index (χ2n) is 3.26. The summed E-state index contributed by atoms with van der Waals surface area (Å²) in [6.07, 6.45) is 1.16. The van der Waals surface area contributed by atoms with Crippen molar-refractivity contribution < 1.29 is 19.4 Å². The summed E-state index contributed by atoms with van der Waals surface area (Å²) < 4.78 is 4.83. The molecule has 0 saturated heterocycles. The Kier molecular flexibility index (Phi) is 6.81. The lowest BCUT2D eigenvalue weighted by atomic mass is 10.2. The second-order valence-corrected chi connectivity index (χ2v) is 3.26. The molecule has 0 aromatic carbocycles. The summed E-state index contributed by atoms with van der Waals surface area (Å²) in [6, 6.07) is 0. The van der Waals surface area contributed by atoms with Gasteiger partial charge < -0.3 is 9.84 Å². The smallest absolute Gasteiger partial charge is 0.330 e. The molecule has 0 amide bonds. The van der Waals surface area contributed by atoms with Crippen LogP contribution < -0.4 is 0 Å². The topological polar surface area (TPSA) is 63.6 Å². The lowest BCUT2D eigenvalue weighted by molar-refractivity contribution is -0.148. The first-order chi connectivity index (χ1) is 5.69. The maximum absolute atomic E-state index is 10.5. The molecule has 0 aliphatic carbocycles. The highest BCUT2D eigenvalue weighted by atomic mass is 16.6. The number of esters is 1. The molecule has 0 aliphatic rings. The maximum atomic E-state index is 10.5. The molecule has 0 fully saturated rings. The number of carboxylic acids is 1. The molecule has 0 aromatic heterocycles. The van der Waals surface area contributed by atoms with E-state index in [1.165, 1.54) is 0 Å².